The third kappa shape index (κ3) is 3.49. The molecule has 0 fully saturated rings. The molecular formula is C13H10BrFN2O2S. The van der Waals surface area contributed by atoms with Crippen LogP contribution in [-0.2, 0) is 5.75 Å². The van der Waals surface area contributed by atoms with Crippen LogP contribution < -0.4 is 5.73 Å². The molecule has 2 aromatic rings. The summed E-state index contributed by atoms with van der Waals surface area (Å²) in [6.07, 6.45) is 0. The molecule has 2 N–H and O–H groups in total. The van der Waals surface area contributed by atoms with E-state index in [1.165, 1.54) is 23.9 Å². The summed E-state index contributed by atoms with van der Waals surface area (Å²) in [7, 11) is 0. The summed E-state index contributed by atoms with van der Waals surface area (Å²) in [4.78, 5) is 10.7. The van der Waals surface area contributed by atoms with Crippen LogP contribution in [0.25, 0.3) is 0 Å². The summed E-state index contributed by atoms with van der Waals surface area (Å²) >= 11 is 4.80. The Kier molecular flexibility index (Phi) is 4.61. The fourth-order valence-corrected chi connectivity index (χ4v) is 3.04. The van der Waals surface area contributed by atoms with Gasteiger partial charge >= 0.3 is 5.69 Å². The Morgan fingerprint density at radius 1 is 1.30 bits per heavy atom. The number of benzene rings is 2. The average molecular weight is 357 g/mol. The molecule has 0 aromatic heterocycles. The van der Waals surface area contributed by atoms with Crippen molar-refractivity contribution in [3.05, 3.63) is 62.4 Å². The van der Waals surface area contributed by atoms with Crippen LogP contribution in [0.15, 0.2) is 45.8 Å². The van der Waals surface area contributed by atoms with E-state index in [-0.39, 0.29) is 0 Å². The predicted molar refractivity (Wildman–Crippen MR) is 81.2 cm³/mol. The number of rotatable bonds is 4. The van der Waals surface area contributed by atoms with Crippen LogP contribution in [0, 0.1) is 15.9 Å². The second-order valence-electron chi connectivity index (χ2n) is 4.01. The van der Waals surface area contributed by atoms with Crippen LogP contribution in [0.1, 0.15) is 5.56 Å². The van der Waals surface area contributed by atoms with Gasteiger partial charge in [-0.25, -0.2) is 0 Å². The normalized spacial score (nSPS) is 10.5. The fourth-order valence-electron chi connectivity index (χ4n) is 1.58. The molecule has 2 aromatic carbocycles. The Bertz CT molecular complexity index is 667. The van der Waals surface area contributed by atoms with E-state index in [0.29, 0.717) is 17.0 Å². The lowest BCUT2D eigenvalue weighted by atomic mass is 10.2. The maximum Gasteiger partial charge on any atom is 0.304 e. The van der Waals surface area contributed by atoms with Gasteiger partial charge in [-0.15, -0.1) is 11.8 Å². The molecule has 0 aliphatic carbocycles. The molecule has 0 bridgehead atoms. The highest BCUT2D eigenvalue weighted by Gasteiger charge is 2.13. The number of hydrogen-bond acceptors (Lipinski definition) is 4. The molecule has 0 aliphatic heterocycles. The maximum atomic E-state index is 13.5. The zero-order valence-corrected chi connectivity index (χ0v) is 12.6. The summed E-state index contributed by atoms with van der Waals surface area (Å²) in [5, 5.41) is 10.5. The Labute approximate surface area is 127 Å². The van der Waals surface area contributed by atoms with Gasteiger partial charge in [-0.2, -0.15) is 4.39 Å². The highest BCUT2D eigenvalue weighted by molar-refractivity contribution is 9.10. The lowest BCUT2D eigenvalue weighted by Gasteiger charge is -2.06. The van der Waals surface area contributed by atoms with E-state index in [1.54, 1.807) is 12.1 Å². The molecule has 0 aliphatic rings. The molecule has 0 saturated carbocycles. The van der Waals surface area contributed by atoms with Gasteiger partial charge in [-0.1, -0.05) is 22.0 Å². The van der Waals surface area contributed by atoms with E-state index in [2.05, 4.69) is 15.9 Å². The standard InChI is InChI=1S/C13H10BrFN2O2S/c14-9-2-3-11(16)13(6-9)20-7-8-1-4-12(17(18)19)10(15)5-8/h1-6H,7,16H2. The van der Waals surface area contributed by atoms with E-state index in [1.807, 2.05) is 12.1 Å². The number of hydrogen-bond donors (Lipinski definition) is 1. The van der Waals surface area contributed by atoms with Gasteiger partial charge in [0.1, 0.15) is 0 Å². The summed E-state index contributed by atoms with van der Waals surface area (Å²) in [5.74, 6) is -0.342. The summed E-state index contributed by atoms with van der Waals surface area (Å²) in [6.45, 7) is 0. The average Bonchev–Trinajstić information content (AvgIpc) is 2.39. The smallest absolute Gasteiger partial charge is 0.304 e. The Morgan fingerprint density at radius 2 is 2.05 bits per heavy atom. The summed E-state index contributed by atoms with van der Waals surface area (Å²) < 4.78 is 14.4. The van der Waals surface area contributed by atoms with Crippen molar-refractivity contribution >= 4 is 39.1 Å². The Balaban J connectivity index is 2.13. The van der Waals surface area contributed by atoms with Crippen molar-refractivity contribution in [2.45, 2.75) is 10.6 Å². The van der Waals surface area contributed by atoms with E-state index < -0.39 is 16.4 Å². The van der Waals surface area contributed by atoms with E-state index >= 15 is 0 Å². The van der Waals surface area contributed by atoms with Gasteiger partial charge in [-0.05, 0) is 29.8 Å². The molecule has 0 radical (unpaired) electrons. The van der Waals surface area contributed by atoms with Crippen LogP contribution in [-0.4, -0.2) is 4.92 Å². The molecule has 7 heteroatoms. The van der Waals surface area contributed by atoms with Crippen molar-refractivity contribution in [2.75, 3.05) is 5.73 Å². The molecule has 4 nitrogen and oxygen atoms in total. The lowest BCUT2D eigenvalue weighted by molar-refractivity contribution is -0.387. The van der Waals surface area contributed by atoms with Crippen LogP contribution in [0.5, 0.6) is 0 Å². The molecule has 104 valence electrons. The minimum Gasteiger partial charge on any atom is -0.398 e. The predicted octanol–water partition coefficient (Wildman–Crippen LogP) is 4.37. The molecule has 0 saturated heterocycles. The summed E-state index contributed by atoms with van der Waals surface area (Å²) in [6, 6.07) is 9.40. The largest absolute Gasteiger partial charge is 0.398 e. The number of nitrogen functional groups attached to an aromatic ring is 1. The van der Waals surface area contributed by atoms with E-state index in [4.69, 9.17) is 5.73 Å². The van der Waals surface area contributed by atoms with Crippen molar-refractivity contribution in [2.24, 2.45) is 0 Å². The van der Waals surface area contributed by atoms with Crippen molar-refractivity contribution < 1.29 is 9.31 Å². The van der Waals surface area contributed by atoms with Gasteiger partial charge in [-0.3, -0.25) is 10.1 Å². The first-order valence-corrected chi connectivity index (χ1v) is 7.36. The number of thioether (sulfide) groups is 1. The number of halogens is 2. The third-order valence-electron chi connectivity index (χ3n) is 2.58. The van der Waals surface area contributed by atoms with E-state index in [9.17, 15) is 14.5 Å². The van der Waals surface area contributed by atoms with Crippen LogP contribution >= 0.6 is 27.7 Å². The first-order chi connectivity index (χ1) is 9.47. The van der Waals surface area contributed by atoms with Gasteiger partial charge in [0.2, 0.25) is 5.82 Å². The van der Waals surface area contributed by atoms with Gasteiger partial charge in [0, 0.05) is 26.9 Å². The molecule has 0 spiro atoms. The topological polar surface area (TPSA) is 69.2 Å². The molecule has 0 amide bonds. The van der Waals surface area contributed by atoms with E-state index in [0.717, 1.165) is 9.37 Å². The lowest BCUT2D eigenvalue weighted by Crippen LogP contribution is -1.94. The first-order valence-electron chi connectivity index (χ1n) is 5.58. The fraction of sp³-hybridized carbons (Fsp3) is 0.0769. The Hall–Kier alpha value is -1.60. The van der Waals surface area contributed by atoms with Crippen LogP contribution in [0.3, 0.4) is 0 Å². The van der Waals surface area contributed by atoms with Crippen molar-refractivity contribution in [3.63, 3.8) is 0 Å². The number of nitrogens with zero attached hydrogens (tertiary/aromatic N) is 1. The summed E-state index contributed by atoms with van der Waals surface area (Å²) in [5.41, 5.74) is 6.63. The molecule has 20 heavy (non-hydrogen) atoms. The van der Waals surface area contributed by atoms with Gasteiger partial charge in [0.25, 0.3) is 0 Å². The highest BCUT2D eigenvalue weighted by atomic mass is 79.9. The van der Waals surface area contributed by atoms with Crippen molar-refractivity contribution in [1.29, 1.82) is 0 Å². The van der Waals surface area contributed by atoms with Crippen molar-refractivity contribution in [1.82, 2.24) is 0 Å². The van der Waals surface area contributed by atoms with Gasteiger partial charge in [0.15, 0.2) is 0 Å². The quantitative estimate of drug-likeness (QED) is 0.382. The maximum absolute atomic E-state index is 13.5. The zero-order chi connectivity index (χ0) is 14.7. The van der Waals surface area contributed by atoms with Crippen molar-refractivity contribution in [3.8, 4) is 0 Å². The molecule has 0 unspecified atom stereocenters. The Morgan fingerprint density at radius 3 is 2.70 bits per heavy atom. The minimum atomic E-state index is -0.824. The molecule has 0 heterocycles. The molecule has 2 rings (SSSR count). The third-order valence-corrected chi connectivity index (χ3v) is 4.21. The van der Waals surface area contributed by atoms with Gasteiger partial charge < -0.3 is 5.73 Å². The highest BCUT2D eigenvalue weighted by Crippen LogP contribution is 2.31. The molecule has 0 atom stereocenters. The SMILES string of the molecule is Nc1ccc(Br)cc1SCc1ccc([N+](=O)[O-])c(F)c1. The zero-order valence-electron chi connectivity index (χ0n) is 10.2. The second-order valence-corrected chi connectivity index (χ2v) is 5.95. The number of anilines is 1. The molecular weight excluding hydrogens is 347 g/mol. The van der Waals surface area contributed by atoms with Crippen LogP contribution in [0.2, 0.25) is 0 Å². The minimum absolute atomic E-state index is 0.482. The number of nitro groups is 1. The van der Waals surface area contributed by atoms with Crippen LogP contribution in [0.4, 0.5) is 15.8 Å². The second kappa shape index (κ2) is 6.23. The number of nitro benzene ring substituents is 1. The van der Waals surface area contributed by atoms with Gasteiger partial charge in [0.05, 0.1) is 4.92 Å². The monoisotopic (exact) mass is 356 g/mol. The number of nitrogens with two attached hydrogens (primary N) is 1. The first kappa shape index (κ1) is 14.8.